The summed E-state index contributed by atoms with van der Waals surface area (Å²) >= 11 is 0. The van der Waals surface area contributed by atoms with Gasteiger partial charge in [0.1, 0.15) is 5.75 Å². The van der Waals surface area contributed by atoms with E-state index in [9.17, 15) is 9.90 Å². The van der Waals surface area contributed by atoms with E-state index in [1.807, 2.05) is 12.1 Å². The highest BCUT2D eigenvalue weighted by Crippen LogP contribution is 2.28. The van der Waals surface area contributed by atoms with Crippen molar-refractivity contribution >= 4 is 11.6 Å². The maximum atomic E-state index is 11.9. The van der Waals surface area contributed by atoms with Crippen LogP contribution in [0.3, 0.4) is 0 Å². The fourth-order valence-electron chi connectivity index (χ4n) is 2.05. The third-order valence-corrected chi connectivity index (χ3v) is 3.10. The normalized spacial score (nSPS) is 9.96. The van der Waals surface area contributed by atoms with Crippen LogP contribution in [0.2, 0.25) is 0 Å². The van der Waals surface area contributed by atoms with E-state index in [4.69, 9.17) is 9.47 Å². The molecular formula is C18H19NO4. The van der Waals surface area contributed by atoms with Crippen molar-refractivity contribution in [2.45, 2.75) is 6.42 Å². The molecule has 0 unspecified atom stereocenters. The van der Waals surface area contributed by atoms with Crippen molar-refractivity contribution in [2.24, 2.45) is 0 Å². The predicted octanol–water partition coefficient (Wildman–Crippen LogP) is 3.15. The molecule has 0 heterocycles. The summed E-state index contributed by atoms with van der Waals surface area (Å²) in [7, 11) is 1.55. The Morgan fingerprint density at radius 2 is 2.09 bits per heavy atom. The van der Waals surface area contributed by atoms with Crippen LogP contribution in [0.25, 0.3) is 0 Å². The zero-order valence-electron chi connectivity index (χ0n) is 12.9. The van der Waals surface area contributed by atoms with Crippen LogP contribution in [0.1, 0.15) is 5.56 Å². The molecule has 0 aliphatic carbocycles. The lowest BCUT2D eigenvalue weighted by Crippen LogP contribution is -2.20. The molecule has 2 aromatic carbocycles. The van der Waals surface area contributed by atoms with Crippen molar-refractivity contribution < 1.29 is 19.4 Å². The largest absolute Gasteiger partial charge is 0.508 e. The van der Waals surface area contributed by atoms with Crippen LogP contribution in [0.15, 0.2) is 55.1 Å². The highest BCUT2D eigenvalue weighted by Gasteiger charge is 2.09. The van der Waals surface area contributed by atoms with Crippen LogP contribution in [0.4, 0.5) is 5.69 Å². The molecule has 0 aliphatic rings. The van der Waals surface area contributed by atoms with Crippen LogP contribution < -0.4 is 14.8 Å². The van der Waals surface area contributed by atoms with Crippen LogP contribution in [-0.2, 0) is 11.2 Å². The first-order chi connectivity index (χ1) is 11.1. The Balaban J connectivity index is 1.97. The first kappa shape index (κ1) is 16.4. The summed E-state index contributed by atoms with van der Waals surface area (Å²) in [5.41, 5.74) is 1.56. The maximum Gasteiger partial charge on any atom is 0.262 e. The highest BCUT2D eigenvalue weighted by molar-refractivity contribution is 5.92. The number of carbonyl (C=O) groups is 1. The first-order valence-corrected chi connectivity index (χ1v) is 7.12. The van der Waals surface area contributed by atoms with Crippen LogP contribution in [-0.4, -0.2) is 24.7 Å². The maximum absolute atomic E-state index is 11.9. The Hall–Kier alpha value is -2.95. The van der Waals surface area contributed by atoms with Gasteiger partial charge in [0.15, 0.2) is 18.1 Å². The zero-order chi connectivity index (χ0) is 16.7. The molecule has 5 heteroatoms. The summed E-state index contributed by atoms with van der Waals surface area (Å²) in [6.45, 7) is 3.54. The van der Waals surface area contributed by atoms with Gasteiger partial charge in [0.25, 0.3) is 5.91 Å². The van der Waals surface area contributed by atoms with E-state index in [-0.39, 0.29) is 18.3 Å². The second-order valence-electron chi connectivity index (χ2n) is 4.87. The molecule has 0 saturated heterocycles. The van der Waals surface area contributed by atoms with Crippen molar-refractivity contribution in [3.63, 3.8) is 0 Å². The molecular weight excluding hydrogens is 294 g/mol. The van der Waals surface area contributed by atoms with E-state index < -0.39 is 0 Å². The lowest BCUT2D eigenvalue weighted by molar-refractivity contribution is -0.118. The molecule has 2 aromatic rings. The molecule has 0 aliphatic heterocycles. The van der Waals surface area contributed by atoms with Gasteiger partial charge < -0.3 is 19.9 Å². The summed E-state index contributed by atoms with van der Waals surface area (Å²) in [6, 6.07) is 11.8. The molecule has 2 N–H and O–H groups in total. The smallest absolute Gasteiger partial charge is 0.262 e. The average Bonchev–Trinajstić information content (AvgIpc) is 2.54. The molecule has 5 nitrogen and oxygen atoms in total. The van der Waals surface area contributed by atoms with E-state index in [0.29, 0.717) is 17.2 Å². The van der Waals surface area contributed by atoms with Crippen LogP contribution >= 0.6 is 0 Å². The van der Waals surface area contributed by atoms with Gasteiger partial charge in [0.05, 0.1) is 7.11 Å². The van der Waals surface area contributed by atoms with E-state index >= 15 is 0 Å². The Kier molecular flexibility index (Phi) is 5.63. The van der Waals surface area contributed by atoms with Crippen LogP contribution in [0.5, 0.6) is 17.2 Å². The van der Waals surface area contributed by atoms with Gasteiger partial charge in [-0.05, 0) is 36.2 Å². The number of nitrogens with one attached hydrogen (secondary N) is 1. The zero-order valence-corrected chi connectivity index (χ0v) is 12.9. The number of anilines is 1. The van der Waals surface area contributed by atoms with Gasteiger partial charge in [-0.15, -0.1) is 6.58 Å². The van der Waals surface area contributed by atoms with E-state index in [2.05, 4.69) is 11.9 Å². The van der Waals surface area contributed by atoms with Crippen molar-refractivity contribution in [3.05, 3.63) is 60.7 Å². The Morgan fingerprint density at radius 1 is 1.26 bits per heavy atom. The summed E-state index contributed by atoms with van der Waals surface area (Å²) in [6.07, 6.45) is 2.53. The lowest BCUT2D eigenvalue weighted by atomic mass is 10.1. The summed E-state index contributed by atoms with van der Waals surface area (Å²) in [5, 5.41) is 12.0. The number of amides is 1. The molecule has 2 rings (SSSR count). The number of ether oxygens (including phenoxy) is 2. The third kappa shape index (κ3) is 4.78. The second kappa shape index (κ2) is 7.89. The van der Waals surface area contributed by atoms with Gasteiger partial charge in [0, 0.05) is 11.8 Å². The molecule has 1 amide bonds. The van der Waals surface area contributed by atoms with Crippen molar-refractivity contribution in [1.29, 1.82) is 0 Å². The monoisotopic (exact) mass is 313 g/mol. The number of benzene rings is 2. The third-order valence-electron chi connectivity index (χ3n) is 3.10. The highest BCUT2D eigenvalue weighted by atomic mass is 16.5. The predicted molar refractivity (Wildman–Crippen MR) is 89.1 cm³/mol. The van der Waals surface area contributed by atoms with Crippen molar-refractivity contribution in [2.75, 3.05) is 19.0 Å². The molecule has 0 fully saturated rings. The quantitative estimate of drug-likeness (QED) is 0.771. The number of carbonyl (C=O) groups excluding carboxylic acids is 1. The van der Waals surface area contributed by atoms with Gasteiger partial charge in [-0.3, -0.25) is 4.79 Å². The van der Waals surface area contributed by atoms with E-state index in [1.54, 1.807) is 31.4 Å². The standard InChI is InChI=1S/C18H19NO4/c1-3-5-13-8-9-16(17(10-13)22-2)23-12-18(21)19-14-6-4-7-15(20)11-14/h3-4,6-11,20H,1,5,12H2,2H3,(H,19,21). The molecule has 0 atom stereocenters. The number of methoxy groups -OCH3 is 1. The van der Waals surface area contributed by atoms with Crippen LogP contribution in [0, 0.1) is 0 Å². The minimum atomic E-state index is -0.326. The van der Waals surface area contributed by atoms with Gasteiger partial charge in [-0.1, -0.05) is 18.2 Å². The molecule has 0 radical (unpaired) electrons. The molecule has 0 saturated carbocycles. The molecule has 0 aromatic heterocycles. The summed E-state index contributed by atoms with van der Waals surface area (Å²) in [5.74, 6) is 0.817. The fraction of sp³-hybridized carbons (Fsp3) is 0.167. The SMILES string of the molecule is C=CCc1ccc(OCC(=O)Nc2cccc(O)c2)c(OC)c1. The van der Waals surface area contributed by atoms with Gasteiger partial charge >= 0.3 is 0 Å². The molecule has 0 bridgehead atoms. The molecule has 120 valence electrons. The summed E-state index contributed by atoms with van der Waals surface area (Å²) in [4.78, 5) is 11.9. The first-order valence-electron chi connectivity index (χ1n) is 7.12. The van der Waals surface area contributed by atoms with E-state index in [0.717, 1.165) is 12.0 Å². The Morgan fingerprint density at radius 3 is 2.78 bits per heavy atom. The number of rotatable bonds is 7. The molecule has 0 spiro atoms. The minimum Gasteiger partial charge on any atom is -0.508 e. The molecule has 23 heavy (non-hydrogen) atoms. The van der Waals surface area contributed by atoms with Crippen molar-refractivity contribution in [1.82, 2.24) is 0 Å². The van der Waals surface area contributed by atoms with Gasteiger partial charge in [0.2, 0.25) is 0 Å². The lowest BCUT2D eigenvalue weighted by Gasteiger charge is -2.12. The number of hydrogen-bond acceptors (Lipinski definition) is 4. The van der Waals surface area contributed by atoms with Gasteiger partial charge in [-0.25, -0.2) is 0 Å². The minimum absolute atomic E-state index is 0.0863. The average molecular weight is 313 g/mol. The number of hydrogen-bond donors (Lipinski definition) is 2. The van der Waals surface area contributed by atoms with Crippen molar-refractivity contribution in [3.8, 4) is 17.2 Å². The topological polar surface area (TPSA) is 67.8 Å². The fourth-order valence-corrected chi connectivity index (χ4v) is 2.05. The second-order valence-corrected chi connectivity index (χ2v) is 4.87. The number of aromatic hydroxyl groups is 1. The Labute approximate surface area is 135 Å². The van der Waals surface area contributed by atoms with E-state index in [1.165, 1.54) is 12.1 Å². The number of phenols is 1. The number of phenolic OH excluding ortho intramolecular Hbond substituents is 1. The summed E-state index contributed by atoms with van der Waals surface area (Å²) < 4.78 is 10.8. The Bertz CT molecular complexity index is 697. The van der Waals surface area contributed by atoms with Gasteiger partial charge in [-0.2, -0.15) is 0 Å². The number of allylic oxidation sites excluding steroid dienone is 1.